The van der Waals surface area contributed by atoms with Crippen molar-refractivity contribution in [3.63, 3.8) is 0 Å². The van der Waals surface area contributed by atoms with Gasteiger partial charge in [-0.3, -0.25) is 4.79 Å². The van der Waals surface area contributed by atoms with Crippen molar-refractivity contribution < 1.29 is 19.0 Å². The summed E-state index contributed by atoms with van der Waals surface area (Å²) in [6, 6.07) is 0.395. The van der Waals surface area contributed by atoms with Crippen LogP contribution in [-0.2, 0) is 19.0 Å². The molecule has 0 bridgehead atoms. The average molecular weight is 247 g/mol. The van der Waals surface area contributed by atoms with Crippen LogP contribution < -0.4 is 5.32 Å². The second-order valence-electron chi connectivity index (χ2n) is 4.04. The van der Waals surface area contributed by atoms with Crippen molar-refractivity contribution in [3.05, 3.63) is 0 Å². The van der Waals surface area contributed by atoms with Crippen molar-refractivity contribution in [2.24, 2.45) is 0 Å². The molecule has 0 aromatic carbocycles. The number of hydrogen-bond donors (Lipinski definition) is 1. The summed E-state index contributed by atoms with van der Waals surface area (Å²) in [6.45, 7) is 6.85. The molecule has 17 heavy (non-hydrogen) atoms. The van der Waals surface area contributed by atoms with Crippen LogP contribution in [0.25, 0.3) is 0 Å². The second-order valence-corrected chi connectivity index (χ2v) is 4.04. The fraction of sp³-hybridized carbons (Fsp3) is 0.917. The van der Waals surface area contributed by atoms with Crippen LogP contribution in [0.3, 0.4) is 0 Å². The normalized spacial score (nSPS) is 10.8. The van der Waals surface area contributed by atoms with Crippen LogP contribution in [0.4, 0.5) is 0 Å². The average Bonchev–Trinajstić information content (AvgIpc) is 2.27. The lowest BCUT2D eigenvalue weighted by atomic mass is 10.3. The van der Waals surface area contributed by atoms with E-state index < -0.39 is 0 Å². The van der Waals surface area contributed by atoms with Crippen LogP contribution in [0.2, 0.25) is 0 Å². The predicted octanol–water partition coefficient (Wildman–Crippen LogP) is 0.971. The highest BCUT2D eigenvalue weighted by Gasteiger charge is 2.02. The molecule has 0 heterocycles. The molecule has 5 heteroatoms. The largest absolute Gasteiger partial charge is 0.463 e. The highest BCUT2D eigenvalue weighted by molar-refractivity contribution is 5.69. The Morgan fingerprint density at radius 1 is 1.18 bits per heavy atom. The van der Waals surface area contributed by atoms with E-state index >= 15 is 0 Å². The highest BCUT2D eigenvalue weighted by atomic mass is 16.6. The molecule has 0 unspecified atom stereocenters. The second kappa shape index (κ2) is 11.8. The van der Waals surface area contributed by atoms with E-state index in [9.17, 15) is 4.79 Å². The summed E-state index contributed by atoms with van der Waals surface area (Å²) < 4.78 is 15.1. The minimum Gasteiger partial charge on any atom is -0.463 e. The summed E-state index contributed by atoms with van der Waals surface area (Å²) in [7, 11) is 1.66. The molecule has 0 fully saturated rings. The standard InChI is InChI=1S/C12H25NO4/c1-11(2)13-6-5-12(14)17-10-9-16-8-4-7-15-3/h11,13H,4-10H2,1-3H3. The lowest BCUT2D eigenvalue weighted by Crippen LogP contribution is -2.26. The summed E-state index contributed by atoms with van der Waals surface area (Å²) in [4.78, 5) is 11.2. The molecule has 0 aliphatic rings. The molecule has 5 nitrogen and oxygen atoms in total. The molecule has 0 radical (unpaired) electrons. The molecule has 102 valence electrons. The number of hydrogen-bond acceptors (Lipinski definition) is 5. The first kappa shape index (κ1) is 16.4. The molecule has 0 aliphatic carbocycles. The number of esters is 1. The van der Waals surface area contributed by atoms with Gasteiger partial charge in [0.05, 0.1) is 13.0 Å². The van der Waals surface area contributed by atoms with Crippen LogP contribution >= 0.6 is 0 Å². The van der Waals surface area contributed by atoms with E-state index in [-0.39, 0.29) is 5.97 Å². The number of methoxy groups -OCH3 is 1. The van der Waals surface area contributed by atoms with Crippen molar-refractivity contribution in [1.82, 2.24) is 5.32 Å². The van der Waals surface area contributed by atoms with Gasteiger partial charge in [-0.2, -0.15) is 0 Å². The zero-order valence-electron chi connectivity index (χ0n) is 11.2. The Morgan fingerprint density at radius 3 is 2.59 bits per heavy atom. The summed E-state index contributed by atoms with van der Waals surface area (Å²) in [5, 5.41) is 3.16. The van der Waals surface area contributed by atoms with Gasteiger partial charge in [-0.05, 0) is 6.42 Å². The molecule has 1 N–H and O–H groups in total. The maximum absolute atomic E-state index is 11.2. The fourth-order valence-electron chi connectivity index (χ4n) is 1.16. The van der Waals surface area contributed by atoms with Gasteiger partial charge in [-0.1, -0.05) is 13.8 Å². The maximum Gasteiger partial charge on any atom is 0.307 e. The van der Waals surface area contributed by atoms with Crippen LogP contribution in [0.15, 0.2) is 0 Å². The molecule has 0 aromatic rings. The Bertz CT molecular complexity index is 185. The number of rotatable bonds is 11. The van der Waals surface area contributed by atoms with Gasteiger partial charge in [0.1, 0.15) is 6.61 Å². The van der Waals surface area contributed by atoms with E-state index in [0.29, 0.717) is 45.4 Å². The Morgan fingerprint density at radius 2 is 1.94 bits per heavy atom. The van der Waals surface area contributed by atoms with Crippen LogP contribution in [0.5, 0.6) is 0 Å². The monoisotopic (exact) mass is 247 g/mol. The van der Waals surface area contributed by atoms with E-state index in [4.69, 9.17) is 14.2 Å². The number of carbonyl (C=O) groups is 1. The first-order chi connectivity index (χ1) is 8.16. The summed E-state index contributed by atoms with van der Waals surface area (Å²) >= 11 is 0. The van der Waals surface area contributed by atoms with Gasteiger partial charge in [0.25, 0.3) is 0 Å². The van der Waals surface area contributed by atoms with Gasteiger partial charge in [0.2, 0.25) is 0 Å². The molecular weight excluding hydrogens is 222 g/mol. The van der Waals surface area contributed by atoms with Crippen molar-refractivity contribution in [3.8, 4) is 0 Å². The maximum atomic E-state index is 11.2. The van der Waals surface area contributed by atoms with E-state index in [2.05, 4.69) is 5.32 Å². The molecule has 0 rings (SSSR count). The molecular formula is C12H25NO4. The zero-order valence-corrected chi connectivity index (χ0v) is 11.2. The highest BCUT2D eigenvalue weighted by Crippen LogP contribution is 1.88. The third kappa shape index (κ3) is 13.3. The van der Waals surface area contributed by atoms with Gasteiger partial charge in [0.15, 0.2) is 0 Å². The Balaban J connectivity index is 3.16. The minimum absolute atomic E-state index is 0.182. The lowest BCUT2D eigenvalue weighted by Gasteiger charge is -2.08. The van der Waals surface area contributed by atoms with Crippen molar-refractivity contribution >= 4 is 5.97 Å². The first-order valence-corrected chi connectivity index (χ1v) is 6.12. The molecule has 0 saturated carbocycles. The summed E-state index contributed by atoms with van der Waals surface area (Å²) in [5.74, 6) is -0.182. The Labute approximate surface area is 104 Å². The third-order valence-corrected chi connectivity index (χ3v) is 2.01. The topological polar surface area (TPSA) is 56.8 Å². The van der Waals surface area contributed by atoms with Gasteiger partial charge in [-0.25, -0.2) is 0 Å². The van der Waals surface area contributed by atoms with Crippen LogP contribution in [0, 0.1) is 0 Å². The molecule has 0 amide bonds. The van der Waals surface area contributed by atoms with Gasteiger partial charge in [0, 0.05) is 32.9 Å². The van der Waals surface area contributed by atoms with Crippen molar-refractivity contribution in [2.75, 3.05) is 40.1 Å². The summed E-state index contributed by atoms with van der Waals surface area (Å²) in [6.07, 6.45) is 1.27. The zero-order chi connectivity index (χ0) is 12.9. The predicted molar refractivity (Wildman–Crippen MR) is 66.0 cm³/mol. The Hall–Kier alpha value is -0.650. The van der Waals surface area contributed by atoms with Crippen LogP contribution in [-0.4, -0.2) is 52.1 Å². The van der Waals surface area contributed by atoms with E-state index in [1.165, 1.54) is 0 Å². The molecule has 0 saturated heterocycles. The fourth-order valence-corrected chi connectivity index (χ4v) is 1.16. The quantitative estimate of drug-likeness (QED) is 0.435. The number of ether oxygens (including phenoxy) is 3. The van der Waals surface area contributed by atoms with Gasteiger partial charge < -0.3 is 19.5 Å². The SMILES string of the molecule is COCCCOCCOC(=O)CCNC(C)C. The number of carbonyl (C=O) groups excluding carboxylic acids is 1. The number of nitrogens with one attached hydrogen (secondary N) is 1. The third-order valence-electron chi connectivity index (χ3n) is 2.01. The minimum atomic E-state index is -0.182. The van der Waals surface area contributed by atoms with Crippen molar-refractivity contribution in [2.45, 2.75) is 32.7 Å². The van der Waals surface area contributed by atoms with Crippen molar-refractivity contribution in [1.29, 1.82) is 0 Å². The smallest absolute Gasteiger partial charge is 0.307 e. The van der Waals surface area contributed by atoms with E-state index in [1.54, 1.807) is 7.11 Å². The molecule has 0 atom stereocenters. The van der Waals surface area contributed by atoms with E-state index in [1.807, 2.05) is 13.8 Å². The molecule has 0 aliphatic heterocycles. The Kier molecular flexibility index (Phi) is 11.4. The van der Waals surface area contributed by atoms with Gasteiger partial charge >= 0.3 is 5.97 Å². The summed E-state index contributed by atoms with van der Waals surface area (Å²) in [5.41, 5.74) is 0. The van der Waals surface area contributed by atoms with Crippen LogP contribution in [0.1, 0.15) is 26.7 Å². The first-order valence-electron chi connectivity index (χ1n) is 6.12. The van der Waals surface area contributed by atoms with E-state index in [0.717, 1.165) is 6.42 Å². The molecule has 0 spiro atoms. The molecule has 0 aromatic heterocycles. The lowest BCUT2D eigenvalue weighted by molar-refractivity contribution is -0.145. The van der Waals surface area contributed by atoms with Gasteiger partial charge in [-0.15, -0.1) is 0 Å².